The van der Waals surface area contributed by atoms with E-state index in [-0.39, 0.29) is 41.6 Å². The first-order valence-electron chi connectivity index (χ1n) is 11.6. The smallest absolute Gasteiger partial charge is 0.229 e. The average molecular weight is 484 g/mol. The van der Waals surface area contributed by atoms with Crippen molar-refractivity contribution >= 4 is 21.7 Å². The maximum atomic E-state index is 14.1. The number of halogens is 1. The van der Waals surface area contributed by atoms with Gasteiger partial charge in [0.15, 0.2) is 21.4 Å². The molecule has 7 nitrogen and oxygen atoms in total. The molecule has 1 aromatic rings. The molecule has 1 aliphatic heterocycles. The summed E-state index contributed by atoms with van der Waals surface area (Å²) in [5, 5.41) is 12.2. The molecule has 9 heteroatoms. The molecule has 1 unspecified atom stereocenters. The Morgan fingerprint density at radius 3 is 2.58 bits per heavy atom. The van der Waals surface area contributed by atoms with Crippen molar-refractivity contribution in [1.82, 2.24) is 5.32 Å². The maximum Gasteiger partial charge on any atom is 0.229 e. The molecule has 2 N–H and O–H groups in total. The van der Waals surface area contributed by atoms with E-state index in [0.717, 1.165) is 24.8 Å². The van der Waals surface area contributed by atoms with Crippen LogP contribution in [0.2, 0.25) is 0 Å². The van der Waals surface area contributed by atoms with Gasteiger partial charge >= 0.3 is 0 Å². The van der Waals surface area contributed by atoms with E-state index in [4.69, 9.17) is 4.74 Å². The fourth-order valence-electron chi connectivity index (χ4n) is 4.26. The van der Waals surface area contributed by atoms with Crippen molar-refractivity contribution in [3.05, 3.63) is 29.6 Å². The fraction of sp³-hybridized carbons (Fsp3) is 0.667. The number of piperidine rings is 1. The molecule has 1 saturated heterocycles. The molecule has 1 saturated carbocycles. The van der Waals surface area contributed by atoms with Crippen LogP contribution in [0.1, 0.15) is 70.8 Å². The zero-order valence-electron chi connectivity index (χ0n) is 19.4. The van der Waals surface area contributed by atoms with Crippen molar-refractivity contribution in [1.29, 1.82) is 0 Å². The lowest BCUT2D eigenvalue weighted by atomic mass is 9.92. The number of benzene rings is 1. The lowest BCUT2D eigenvalue weighted by molar-refractivity contribution is -0.136. The van der Waals surface area contributed by atoms with Gasteiger partial charge < -0.3 is 9.84 Å². The minimum Gasteiger partial charge on any atom is -0.488 e. The highest BCUT2D eigenvalue weighted by atomic mass is 32.2. The molecule has 2 aliphatic rings. The summed E-state index contributed by atoms with van der Waals surface area (Å²) < 4.78 is 45.1. The van der Waals surface area contributed by atoms with Crippen molar-refractivity contribution in [2.75, 3.05) is 18.1 Å². The standard InChI is InChI=1S/C24H34FNO6S/c1-23(2,29)15-32-20-14-18(8-9-19(20)25)24(11-12-24)16-33(30,31)13-5-3-4-6-17-7-10-21(27)26-22(17)28/h8-9,14,17,29H,3-7,10-13,15-16H2,1-2H3,(H,26,27,28). The lowest BCUT2D eigenvalue weighted by Gasteiger charge is -2.21. The largest absolute Gasteiger partial charge is 0.488 e. The van der Waals surface area contributed by atoms with Crippen LogP contribution in [0.3, 0.4) is 0 Å². The predicted octanol–water partition coefficient (Wildman–Crippen LogP) is 3.04. The van der Waals surface area contributed by atoms with E-state index >= 15 is 0 Å². The molecule has 2 amide bonds. The minimum atomic E-state index is -3.31. The van der Waals surface area contributed by atoms with Crippen molar-refractivity contribution in [2.24, 2.45) is 5.92 Å². The van der Waals surface area contributed by atoms with Gasteiger partial charge in [-0.3, -0.25) is 14.9 Å². The first-order valence-corrected chi connectivity index (χ1v) is 13.4. The molecule has 0 bridgehead atoms. The fourth-order valence-corrected chi connectivity index (χ4v) is 6.35. The number of aliphatic hydroxyl groups is 1. The molecule has 1 atom stereocenters. The van der Waals surface area contributed by atoms with Gasteiger partial charge in [-0.2, -0.15) is 0 Å². The average Bonchev–Trinajstić information content (AvgIpc) is 3.47. The molecule has 0 radical (unpaired) electrons. The highest BCUT2D eigenvalue weighted by Gasteiger charge is 2.47. The quantitative estimate of drug-likeness (QED) is 0.349. The maximum absolute atomic E-state index is 14.1. The summed E-state index contributed by atoms with van der Waals surface area (Å²) in [6, 6.07) is 4.47. The highest BCUT2D eigenvalue weighted by Crippen LogP contribution is 2.50. The second-order valence-corrected chi connectivity index (χ2v) is 12.3. The van der Waals surface area contributed by atoms with Gasteiger partial charge in [-0.05, 0) is 63.6 Å². The van der Waals surface area contributed by atoms with Crippen LogP contribution in [0.5, 0.6) is 5.75 Å². The van der Waals surface area contributed by atoms with Crippen molar-refractivity contribution in [3.63, 3.8) is 0 Å². The molecular formula is C24H34FNO6S. The number of imide groups is 1. The monoisotopic (exact) mass is 483 g/mol. The zero-order chi connectivity index (χ0) is 24.3. The van der Waals surface area contributed by atoms with Gasteiger partial charge in [-0.15, -0.1) is 0 Å². The number of rotatable bonds is 12. The van der Waals surface area contributed by atoms with Gasteiger partial charge in [0.2, 0.25) is 11.8 Å². The number of carbonyl (C=O) groups excluding carboxylic acids is 2. The van der Waals surface area contributed by atoms with Gasteiger partial charge in [-0.1, -0.05) is 18.9 Å². The van der Waals surface area contributed by atoms with Crippen LogP contribution < -0.4 is 10.1 Å². The van der Waals surface area contributed by atoms with Crippen LogP contribution in [0.25, 0.3) is 0 Å². The minimum absolute atomic E-state index is 0.0176. The molecule has 0 aromatic heterocycles. The third-order valence-electron chi connectivity index (χ3n) is 6.34. The van der Waals surface area contributed by atoms with E-state index in [9.17, 15) is 27.5 Å². The number of unbranched alkanes of at least 4 members (excludes halogenated alkanes) is 2. The lowest BCUT2D eigenvalue weighted by Crippen LogP contribution is -2.40. The van der Waals surface area contributed by atoms with Gasteiger partial charge in [0.05, 0.1) is 17.1 Å². The Morgan fingerprint density at radius 1 is 1.21 bits per heavy atom. The summed E-state index contributed by atoms with van der Waals surface area (Å²) in [5.41, 5.74) is -0.871. The number of carbonyl (C=O) groups is 2. The SMILES string of the molecule is CC(C)(O)COc1cc(C2(CS(=O)(=O)CCCCCC3CCC(=O)NC3=O)CC2)ccc1F. The molecule has 3 rings (SSSR count). The molecule has 2 fully saturated rings. The Labute approximate surface area is 195 Å². The summed E-state index contributed by atoms with van der Waals surface area (Å²) in [6.07, 6.45) is 4.99. The Bertz CT molecular complexity index is 981. The second-order valence-electron chi connectivity index (χ2n) is 10.1. The number of ether oxygens (including phenoxy) is 1. The Morgan fingerprint density at radius 2 is 1.94 bits per heavy atom. The number of sulfone groups is 1. The Kier molecular flexibility index (Phi) is 7.84. The van der Waals surface area contributed by atoms with Gasteiger partial charge in [0, 0.05) is 17.8 Å². The summed E-state index contributed by atoms with van der Waals surface area (Å²) in [6.45, 7) is 3.06. The van der Waals surface area contributed by atoms with E-state index in [2.05, 4.69) is 5.32 Å². The van der Waals surface area contributed by atoms with Gasteiger partial charge in [0.25, 0.3) is 0 Å². The molecule has 33 heavy (non-hydrogen) atoms. The van der Waals surface area contributed by atoms with Gasteiger partial charge in [-0.25, -0.2) is 12.8 Å². The van der Waals surface area contributed by atoms with Gasteiger partial charge in [0.1, 0.15) is 6.61 Å². The second kappa shape index (κ2) is 10.1. The van der Waals surface area contributed by atoms with Crippen molar-refractivity contribution in [2.45, 2.75) is 76.2 Å². The normalized spacial score (nSPS) is 20.4. The molecule has 1 aromatic carbocycles. The summed E-state index contributed by atoms with van der Waals surface area (Å²) in [7, 11) is -3.31. The molecule has 184 valence electrons. The number of hydrogen-bond acceptors (Lipinski definition) is 6. The van der Waals surface area contributed by atoms with E-state index in [1.165, 1.54) is 6.07 Å². The van der Waals surface area contributed by atoms with E-state index < -0.39 is 26.7 Å². The Hall–Kier alpha value is -2.00. The molecule has 1 heterocycles. The summed E-state index contributed by atoms with van der Waals surface area (Å²) >= 11 is 0. The van der Waals surface area contributed by atoms with E-state index in [1.807, 2.05) is 0 Å². The number of nitrogens with one attached hydrogen (secondary N) is 1. The third-order valence-corrected chi connectivity index (χ3v) is 8.24. The molecule has 1 aliphatic carbocycles. The molecule has 0 spiro atoms. The highest BCUT2D eigenvalue weighted by molar-refractivity contribution is 7.91. The number of amides is 2. The summed E-state index contributed by atoms with van der Waals surface area (Å²) in [5.74, 6) is -1.05. The van der Waals surface area contributed by atoms with E-state index in [0.29, 0.717) is 32.1 Å². The van der Waals surface area contributed by atoms with Crippen LogP contribution in [0, 0.1) is 11.7 Å². The topological polar surface area (TPSA) is 110 Å². The van der Waals surface area contributed by atoms with Crippen LogP contribution in [0.15, 0.2) is 18.2 Å². The third kappa shape index (κ3) is 7.50. The first-order chi connectivity index (χ1) is 15.4. The molecular weight excluding hydrogens is 449 g/mol. The predicted molar refractivity (Wildman–Crippen MR) is 122 cm³/mol. The van der Waals surface area contributed by atoms with Crippen LogP contribution >= 0.6 is 0 Å². The van der Waals surface area contributed by atoms with Crippen LogP contribution in [0.4, 0.5) is 4.39 Å². The van der Waals surface area contributed by atoms with Crippen LogP contribution in [-0.4, -0.2) is 49.1 Å². The first kappa shape index (κ1) is 25.6. The van der Waals surface area contributed by atoms with Crippen molar-refractivity contribution < 1.29 is 32.2 Å². The Balaban J connectivity index is 1.49. The van der Waals surface area contributed by atoms with E-state index in [1.54, 1.807) is 26.0 Å². The van der Waals surface area contributed by atoms with Crippen LogP contribution in [-0.2, 0) is 24.8 Å². The van der Waals surface area contributed by atoms with Crippen molar-refractivity contribution in [3.8, 4) is 5.75 Å². The summed E-state index contributed by atoms with van der Waals surface area (Å²) in [4.78, 5) is 23.0. The number of hydrogen-bond donors (Lipinski definition) is 2. The zero-order valence-corrected chi connectivity index (χ0v) is 20.2.